The van der Waals surface area contributed by atoms with E-state index >= 15 is 0 Å². The van der Waals surface area contributed by atoms with Crippen LogP contribution in [0.2, 0.25) is 0 Å². The second-order valence-electron chi connectivity index (χ2n) is 7.43. The van der Waals surface area contributed by atoms with E-state index in [0.717, 1.165) is 30.5 Å². The summed E-state index contributed by atoms with van der Waals surface area (Å²) in [6.45, 7) is 1.98. The van der Waals surface area contributed by atoms with Crippen LogP contribution in [0, 0.1) is 11.3 Å². The molecule has 5 heteroatoms. The van der Waals surface area contributed by atoms with E-state index in [2.05, 4.69) is 10.3 Å². The van der Waals surface area contributed by atoms with Crippen molar-refractivity contribution in [2.24, 2.45) is 11.3 Å². The van der Waals surface area contributed by atoms with E-state index in [1.165, 1.54) is 0 Å². The van der Waals surface area contributed by atoms with Crippen molar-refractivity contribution < 1.29 is 9.59 Å². The van der Waals surface area contributed by atoms with Gasteiger partial charge in [-0.15, -0.1) is 0 Å². The molecule has 1 saturated heterocycles. The Morgan fingerprint density at radius 2 is 1.96 bits per heavy atom. The van der Waals surface area contributed by atoms with Gasteiger partial charge in [0.25, 0.3) is 0 Å². The Morgan fingerprint density at radius 1 is 1.15 bits per heavy atom. The van der Waals surface area contributed by atoms with Crippen LogP contribution in [0.1, 0.15) is 24.0 Å². The molecule has 2 heterocycles. The van der Waals surface area contributed by atoms with E-state index < -0.39 is 0 Å². The molecule has 1 aromatic heterocycles. The van der Waals surface area contributed by atoms with Gasteiger partial charge in [-0.2, -0.15) is 0 Å². The number of nitrogens with one attached hydrogen (secondary N) is 1. The monoisotopic (exact) mass is 349 g/mol. The first-order valence-electron chi connectivity index (χ1n) is 9.15. The highest BCUT2D eigenvalue weighted by molar-refractivity contribution is 5.84. The topological polar surface area (TPSA) is 62.3 Å². The predicted octanol–water partition coefficient (Wildman–Crippen LogP) is 2.18. The molecule has 1 aliphatic carbocycles. The zero-order chi connectivity index (χ0) is 18.0. The molecule has 1 aromatic carbocycles. The molecule has 0 bridgehead atoms. The summed E-state index contributed by atoms with van der Waals surface area (Å²) in [5.74, 6) is 0.300. The van der Waals surface area contributed by atoms with E-state index in [9.17, 15) is 9.59 Å². The summed E-state index contributed by atoms with van der Waals surface area (Å²) in [5, 5.41) is 3.01. The van der Waals surface area contributed by atoms with Crippen molar-refractivity contribution in [2.45, 2.75) is 25.8 Å². The van der Waals surface area contributed by atoms with E-state index in [4.69, 9.17) is 0 Å². The van der Waals surface area contributed by atoms with Crippen molar-refractivity contribution in [3.05, 3.63) is 66.0 Å². The third-order valence-corrected chi connectivity index (χ3v) is 5.63. The van der Waals surface area contributed by atoms with Gasteiger partial charge in [-0.05, 0) is 30.0 Å². The summed E-state index contributed by atoms with van der Waals surface area (Å²) >= 11 is 0. The number of nitrogens with zero attached hydrogens (tertiary/aromatic N) is 2. The van der Waals surface area contributed by atoms with Crippen LogP contribution in [-0.4, -0.2) is 34.8 Å². The van der Waals surface area contributed by atoms with E-state index in [0.29, 0.717) is 19.5 Å². The van der Waals surface area contributed by atoms with Crippen molar-refractivity contribution in [2.75, 3.05) is 13.1 Å². The molecular formula is C21H23N3O2. The van der Waals surface area contributed by atoms with Crippen LogP contribution in [0.5, 0.6) is 0 Å². The fourth-order valence-electron chi connectivity index (χ4n) is 3.98. The second-order valence-corrected chi connectivity index (χ2v) is 7.43. The molecule has 1 saturated carbocycles. The second kappa shape index (κ2) is 6.90. The Morgan fingerprint density at radius 3 is 2.73 bits per heavy atom. The summed E-state index contributed by atoms with van der Waals surface area (Å²) in [6.07, 6.45) is 5.75. The number of pyridine rings is 1. The Kier molecular flexibility index (Phi) is 4.45. The van der Waals surface area contributed by atoms with Crippen molar-refractivity contribution in [1.82, 2.24) is 15.2 Å². The summed E-state index contributed by atoms with van der Waals surface area (Å²) in [4.78, 5) is 31.0. The maximum atomic E-state index is 12.5. The standard InChI is InChI=1S/C21H23N3O2/c25-19(11-16-5-2-1-3-6-16)24-10-8-21(15-24)12-18(21)20(26)23-14-17-7-4-9-22-13-17/h1-7,9,13,18H,8,10-12,14-15H2,(H,23,26)/t18-,21+/m1/s1. The number of aromatic nitrogens is 1. The van der Waals surface area contributed by atoms with Gasteiger partial charge in [0.2, 0.25) is 11.8 Å². The Hall–Kier alpha value is -2.69. The quantitative estimate of drug-likeness (QED) is 0.900. The number of hydrogen-bond donors (Lipinski definition) is 1. The number of carbonyl (C=O) groups is 2. The van der Waals surface area contributed by atoms with Crippen molar-refractivity contribution in [3.8, 4) is 0 Å². The summed E-state index contributed by atoms with van der Waals surface area (Å²) in [6, 6.07) is 13.7. The highest BCUT2D eigenvalue weighted by atomic mass is 16.2. The normalized spacial score (nSPS) is 23.8. The lowest BCUT2D eigenvalue weighted by Crippen LogP contribution is -2.32. The van der Waals surface area contributed by atoms with Crippen LogP contribution in [0.4, 0.5) is 0 Å². The fraction of sp³-hybridized carbons (Fsp3) is 0.381. The molecule has 134 valence electrons. The number of benzene rings is 1. The SMILES string of the molecule is O=C(NCc1cccnc1)[C@H]1C[C@]12CCN(C(=O)Cc1ccccc1)C2. The first kappa shape index (κ1) is 16.8. The average Bonchev–Trinajstić information content (AvgIpc) is 3.21. The first-order valence-corrected chi connectivity index (χ1v) is 9.15. The van der Waals surface area contributed by atoms with Gasteiger partial charge in [-0.25, -0.2) is 0 Å². The van der Waals surface area contributed by atoms with Crippen LogP contribution in [0.15, 0.2) is 54.9 Å². The van der Waals surface area contributed by atoms with Crippen LogP contribution in [0.3, 0.4) is 0 Å². The first-order chi connectivity index (χ1) is 12.7. The van der Waals surface area contributed by atoms with Gasteiger partial charge >= 0.3 is 0 Å². The lowest BCUT2D eigenvalue weighted by atomic mass is 10.0. The highest BCUT2D eigenvalue weighted by Crippen LogP contribution is 2.58. The fourth-order valence-corrected chi connectivity index (χ4v) is 3.98. The van der Waals surface area contributed by atoms with Crippen LogP contribution in [0.25, 0.3) is 0 Å². The van der Waals surface area contributed by atoms with Gasteiger partial charge in [-0.3, -0.25) is 14.6 Å². The van der Waals surface area contributed by atoms with E-state index in [1.807, 2.05) is 47.4 Å². The molecule has 0 radical (unpaired) electrons. The number of likely N-dealkylation sites (tertiary alicyclic amines) is 1. The predicted molar refractivity (Wildman–Crippen MR) is 98.0 cm³/mol. The van der Waals surface area contributed by atoms with Gasteiger partial charge in [-0.1, -0.05) is 36.4 Å². The summed E-state index contributed by atoms with van der Waals surface area (Å²) < 4.78 is 0. The Labute approximate surface area is 153 Å². The molecule has 4 rings (SSSR count). The molecule has 5 nitrogen and oxygen atoms in total. The van der Waals surface area contributed by atoms with Gasteiger partial charge < -0.3 is 10.2 Å². The van der Waals surface area contributed by atoms with Crippen LogP contribution >= 0.6 is 0 Å². The minimum absolute atomic E-state index is 0.00533. The van der Waals surface area contributed by atoms with E-state index in [1.54, 1.807) is 12.4 Å². The molecular weight excluding hydrogens is 326 g/mol. The van der Waals surface area contributed by atoms with Crippen molar-refractivity contribution >= 4 is 11.8 Å². The zero-order valence-corrected chi connectivity index (χ0v) is 14.7. The zero-order valence-electron chi connectivity index (χ0n) is 14.7. The molecule has 2 aromatic rings. The molecule has 2 aliphatic rings. The summed E-state index contributed by atoms with van der Waals surface area (Å²) in [7, 11) is 0. The van der Waals surface area contributed by atoms with E-state index in [-0.39, 0.29) is 23.1 Å². The number of hydrogen-bond acceptors (Lipinski definition) is 3. The molecule has 0 unspecified atom stereocenters. The van der Waals surface area contributed by atoms with Crippen molar-refractivity contribution in [3.63, 3.8) is 0 Å². The lowest BCUT2D eigenvalue weighted by Gasteiger charge is -2.17. The Bertz CT molecular complexity index is 793. The highest BCUT2D eigenvalue weighted by Gasteiger charge is 2.61. The Balaban J connectivity index is 1.28. The van der Waals surface area contributed by atoms with Gasteiger partial charge in [0, 0.05) is 43.4 Å². The number of carbonyl (C=O) groups excluding carboxylic acids is 2. The van der Waals surface area contributed by atoms with Gasteiger partial charge in [0.15, 0.2) is 0 Å². The minimum atomic E-state index is 0.00533. The molecule has 2 fully saturated rings. The smallest absolute Gasteiger partial charge is 0.227 e. The minimum Gasteiger partial charge on any atom is -0.352 e. The van der Waals surface area contributed by atoms with Crippen LogP contribution in [-0.2, 0) is 22.6 Å². The number of amides is 2. The van der Waals surface area contributed by atoms with Gasteiger partial charge in [0.1, 0.15) is 0 Å². The summed E-state index contributed by atoms with van der Waals surface area (Å²) in [5.41, 5.74) is 2.05. The molecule has 2 amide bonds. The molecule has 1 N–H and O–H groups in total. The molecule has 1 spiro atoms. The third-order valence-electron chi connectivity index (χ3n) is 5.63. The van der Waals surface area contributed by atoms with Gasteiger partial charge in [0.05, 0.1) is 6.42 Å². The molecule has 26 heavy (non-hydrogen) atoms. The lowest BCUT2D eigenvalue weighted by molar-refractivity contribution is -0.130. The maximum absolute atomic E-state index is 12.5. The average molecular weight is 349 g/mol. The largest absolute Gasteiger partial charge is 0.352 e. The molecule has 1 aliphatic heterocycles. The maximum Gasteiger partial charge on any atom is 0.227 e. The molecule has 2 atom stereocenters. The number of rotatable bonds is 5. The van der Waals surface area contributed by atoms with Crippen LogP contribution < -0.4 is 5.32 Å². The van der Waals surface area contributed by atoms with Crippen molar-refractivity contribution in [1.29, 1.82) is 0 Å². The third kappa shape index (κ3) is 3.47.